The second-order valence-corrected chi connectivity index (χ2v) is 8.18. The van der Waals surface area contributed by atoms with Gasteiger partial charge in [-0.05, 0) is 37.5 Å². The summed E-state index contributed by atoms with van der Waals surface area (Å²) in [5.74, 6) is -5.53. The summed E-state index contributed by atoms with van der Waals surface area (Å²) in [4.78, 5) is 59.7. The van der Waals surface area contributed by atoms with Crippen LogP contribution in [-0.4, -0.2) is 61.0 Å². The molecule has 10 nitrogen and oxygen atoms in total. The van der Waals surface area contributed by atoms with Crippen LogP contribution in [-0.2, 0) is 28.7 Å². The van der Waals surface area contributed by atoms with Crippen molar-refractivity contribution in [3.05, 3.63) is 0 Å². The van der Waals surface area contributed by atoms with E-state index in [0.717, 1.165) is 12.8 Å². The van der Waals surface area contributed by atoms with E-state index in [2.05, 4.69) is 20.7 Å². The van der Waals surface area contributed by atoms with Gasteiger partial charge in [-0.15, -0.1) is 13.2 Å². The predicted octanol–water partition coefficient (Wildman–Crippen LogP) is -0.737. The topological polar surface area (TPSA) is 157 Å². The fraction of sp³-hybridized carbons (Fsp3) is 0.722. The van der Waals surface area contributed by atoms with Crippen molar-refractivity contribution in [3.8, 4) is 0 Å². The van der Waals surface area contributed by atoms with Crippen LogP contribution >= 0.6 is 0 Å². The lowest BCUT2D eigenvalue weighted by Gasteiger charge is -2.25. The Balaban J connectivity index is 2.12. The highest BCUT2D eigenvalue weighted by Gasteiger charge is 2.43. The van der Waals surface area contributed by atoms with E-state index < -0.39 is 54.5 Å². The lowest BCUT2D eigenvalue weighted by molar-refractivity contribution is -0.321. The summed E-state index contributed by atoms with van der Waals surface area (Å²) in [5, 5.41) is 7.04. The zero-order valence-electron chi connectivity index (χ0n) is 16.8. The molecule has 0 bridgehead atoms. The minimum Gasteiger partial charge on any atom is -0.361 e. The number of carbonyl (C=O) groups excluding carboxylic acids is 5. The summed E-state index contributed by atoms with van der Waals surface area (Å²) < 4.78 is 40.6. The van der Waals surface area contributed by atoms with Gasteiger partial charge in [0.1, 0.15) is 12.6 Å². The third-order valence-electron chi connectivity index (χ3n) is 5.41. The first kappa shape index (κ1) is 24.6. The highest BCUT2D eigenvalue weighted by atomic mass is 19.4. The molecule has 31 heavy (non-hydrogen) atoms. The van der Waals surface area contributed by atoms with Crippen LogP contribution in [0.1, 0.15) is 39.0 Å². The molecule has 0 aromatic heterocycles. The molecule has 3 atom stereocenters. The van der Waals surface area contributed by atoms with Gasteiger partial charge in [-0.3, -0.25) is 28.7 Å². The van der Waals surface area contributed by atoms with E-state index in [1.54, 1.807) is 0 Å². The van der Waals surface area contributed by atoms with Crippen molar-refractivity contribution in [2.24, 2.45) is 17.1 Å². The van der Waals surface area contributed by atoms with Crippen molar-refractivity contribution in [2.45, 2.75) is 57.5 Å². The van der Waals surface area contributed by atoms with Crippen molar-refractivity contribution in [2.75, 3.05) is 13.2 Å². The summed E-state index contributed by atoms with van der Waals surface area (Å²) in [6.45, 7) is 0.845. The molecule has 2 aliphatic rings. The summed E-state index contributed by atoms with van der Waals surface area (Å²) in [5.41, 5.74) is 4.65. The van der Waals surface area contributed by atoms with Crippen LogP contribution < -0.4 is 21.7 Å². The molecule has 5 N–H and O–H groups in total. The Morgan fingerprint density at radius 3 is 2.35 bits per heavy atom. The van der Waals surface area contributed by atoms with Gasteiger partial charge >= 0.3 is 18.2 Å². The van der Waals surface area contributed by atoms with E-state index in [1.165, 1.54) is 0 Å². The quantitative estimate of drug-likeness (QED) is 0.321. The number of Topliss-reactive ketones (excluding diaryl/α,β-unsaturated/α-hetero) is 1. The molecule has 174 valence electrons. The van der Waals surface area contributed by atoms with Gasteiger partial charge in [0, 0.05) is 12.5 Å². The van der Waals surface area contributed by atoms with Crippen LogP contribution in [0, 0.1) is 11.3 Å². The van der Waals surface area contributed by atoms with Crippen LogP contribution in [0.5, 0.6) is 0 Å². The summed E-state index contributed by atoms with van der Waals surface area (Å²) in [6.07, 6.45) is -3.25. The SMILES string of the molecule is CC1(C[C@H](NC(=O)C(N)=O)C(=O)N[C@@H](C[C@@H]2CCNC2=O)C(=O)COC(F)(F)F)CC1. The van der Waals surface area contributed by atoms with E-state index in [-0.39, 0.29) is 24.2 Å². The minimum atomic E-state index is -5.05. The van der Waals surface area contributed by atoms with E-state index in [1.807, 2.05) is 6.92 Å². The molecule has 4 amide bonds. The fourth-order valence-electron chi connectivity index (χ4n) is 3.30. The fourth-order valence-corrected chi connectivity index (χ4v) is 3.30. The standard InChI is InChI=1S/C18H25F3N4O6/c1-17(3-4-17)7-11(25-16(30)13(22)27)15(29)24-10(6-9-2-5-23-14(9)28)12(26)8-31-18(19,20)21/h9-11H,2-8H2,1H3,(H2,22,27)(H,23,28)(H,24,29)(H,25,30)/t9-,10-,11-/m0/s1. The third kappa shape index (κ3) is 7.81. The molecule has 0 aromatic carbocycles. The Bertz CT molecular complexity index is 753. The predicted molar refractivity (Wildman–Crippen MR) is 97.8 cm³/mol. The van der Waals surface area contributed by atoms with Crippen LogP contribution in [0.15, 0.2) is 0 Å². The molecule has 2 fully saturated rings. The molecule has 1 aliphatic heterocycles. The number of amides is 4. The molecule has 2 rings (SSSR count). The molecule has 1 saturated heterocycles. The van der Waals surface area contributed by atoms with Gasteiger partial charge in [-0.2, -0.15) is 0 Å². The number of hydrogen-bond donors (Lipinski definition) is 4. The second-order valence-electron chi connectivity index (χ2n) is 8.18. The highest BCUT2D eigenvalue weighted by Crippen LogP contribution is 2.48. The first-order valence-corrected chi connectivity index (χ1v) is 9.71. The Hall–Kier alpha value is -2.70. The number of hydrogen-bond acceptors (Lipinski definition) is 6. The average molecular weight is 450 g/mol. The van der Waals surface area contributed by atoms with Crippen molar-refractivity contribution in [3.63, 3.8) is 0 Å². The maximum absolute atomic E-state index is 12.8. The number of ketones is 1. The average Bonchev–Trinajstić information content (AvgIpc) is 3.25. The van der Waals surface area contributed by atoms with Gasteiger partial charge in [0.15, 0.2) is 5.78 Å². The Labute approximate surface area is 175 Å². The summed E-state index contributed by atoms with van der Waals surface area (Å²) in [7, 11) is 0. The minimum absolute atomic E-state index is 0.141. The molecule has 1 saturated carbocycles. The van der Waals surface area contributed by atoms with E-state index in [9.17, 15) is 37.1 Å². The zero-order valence-corrected chi connectivity index (χ0v) is 16.8. The zero-order chi connectivity index (χ0) is 23.4. The van der Waals surface area contributed by atoms with E-state index in [4.69, 9.17) is 5.73 Å². The number of ether oxygens (including phenoxy) is 1. The van der Waals surface area contributed by atoms with Gasteiger partial charge in [0.25, 0.3) is 0 Å². The molecule has 0 aromatic rings. The van der Waals surface area contributed by atoms with Gasteiger partial charge in [-0.1, -0.05) is 6.92 Å². The highest BCUT2D eigenvalue weighted by molar-refractivity contribution is 6.34. The van der Waals surface area contributed by atoms with Gasteiger partial charge < -0.3 is 21.7 Å². The summed E-state index contributed by atoms with van der Waals surface area (Å²) >= 11 is 0. The number of nitrogens with two attached hydrogens (primary N) is 1. The molecule has 0 unspecified atom stereocenters. The number of nitrogens with one attached hydrogen (secondary N) is 3. The largest absolute Gasteiger partial charge is 0.522 e. The van der Waals surface area contributed by atoms with Gasteiger partial charge in [-0.25, -0.2) is 0 Å². The van der Waals surface area contributed by atoms with Crippen molar-refractivity contribution in [1.82, 2.24) is 16.0 Å². The third-order valence-corrected chi connectivity index (χ3v) is 5.41. The smallest absolute Gasteiger partial charge is 0.361 e. The lowest BCUT2D eigenvalue weighted by Crippen LogP contribution is -2.55. The summed E-state index contributed by atoms with van der Waals surface area (Å²) in [6, 6.07) is -2.69. The van der Waals surface area contributed by atoms with Crippen LogP contribution in [0.4, 0.5) is 13.2 Å². The van der Waals surface area contributed by atoms with Crippen LogP contribution in [0.3, 0.4) is 0 Å². The lowest BCUT2D eigenvalue weighted by atomic mass is 9.94. The number of alkyl halides is 3. The molecule has 13 heteroatoms. The van der Waals surface area contributed by atoms with Gasteiger partial charge in [0.2, 0.25) is 11.8 Å². The maximum atomic E-state index is 12.8. The van der Waals surface area contributed by atoms with Crippen LogP contribution in [0.2, 0.25) is 0 Å². The first-order chi connectivity index (χ1) is 14.3. The number of primary amides is 1. The maximum Gasteiger partial charge on any atom is 0.522 e. The molecule has 1 aliphatic carbocycles. The number of carbonyl (C=O) groups is 5. The Kier molecular flexibility index (Phi) is 7.63. The van der Waals surface area contributed by atoms with E-state index in [0.29, 0.717) is 13.0 Å². The van der Waals surface area contributed by atoms with Crippen molar-refractivity contribution >= 4 is 29.4 Å². The first-order valence-electron chi connectivity index (χ1n) is 9.71. The monoisotopic (exact) mass is 450 g/mol. The van der Waals surface area contributed by atoms with Gasteiger partial charge in [0.05, 0.1) is 6.04 Å². The van der Waals surface area contributed by atoms with E-state index >= 15 is 0 Å². The molecule has 0 spiro atoms. The molecular formula is C18H25F3N4O6. The normalized spacial score (nSPS) is 21.5. The number of rotatable bonds is 10. The van der Waals surface area contributed by atoms with Crippen molar-refractivity contribution in [1.29, 1.82) is 0 Å². The molecule has 0 radical (unpaired) electrons. The number of halogens is 3. The van der Waals surface area contributed by atoms with Crippen LogP contribution in [0.25, 0.3) is 0 Å². The van der Waals surface area contributed by atoms with Crippen molar-refractivity contribution < 1.29 is 41.9 Å². The second kappa shape index (κ2) is 9.62. The molecule has 1 heterocycles. The molecular weight excluding hydrogens is 425 g/mol. The Morgan fingerprint density at radius 2 is 1.87 bits per heavy atom. The Morgan fingerprint density at radius 1 is 1.23 bits per heavy atom.